The van der Waals surface area contributed by atoms with Crippen LogP contribution in [0.25, 0.3) is 0 Å². The van der Waals surface area contributed by atoms with Gasteiger partial charge in [0.25, 0.3) is 0 Å². The predicted molar refractivity (Wildman–Crippen MR) is 81.8 cm³/mol. The van der Waals surface area contributed by atoms with Crippen molar-refractivity contribution in [2.75, 3.05) is 17.7 Å². The second kappa shape index (κ2) is 6.04. The lowest BCUT2D eigenvalue weighted by Crippen LogP contribution is -2.31. The molecule has 1 aliphatic heterocycles. The van der Waals surface area contributed by atoms with Crippen LogP contribution >= 0.6 is 0 Å². The molecular formula is C16H14FN3O3. The van der Waals surface area contributed by atoms with E-state index < -0.39 is 11.7 Å². The van der Waals surface area contributed by atoms with Crippen molar-refractivity contribution in [2.24, 2.45) is 0 Å². The Morgan fingerprint density at radius 1 is 1.43 bits per heavy atom. The van der Waals surface area contributed by atoms with Gasteiger partial charge >= 0.3 is 0 Å². The van der Waals surface area contributed by atoms with Crippen molar-refractivity contribution < 1.29 is 18.7 Å². The Labute approximate surface area is 131 Å². The zero-order valence-electron chi connectivity index (χ0n) is 12.3. The van der Waals surface area contributed by atoms with Crippen LogP contribution in [0.15, 0.2) is 36.5 Å². The molecule has 118 valence electrons. The molecule has 6 nitrogen and oxygen atoms in total. The summed E-state index contributed by atoms with van der Waals surface area (Å²) in [6.45, 7) is 0. The number of pyridine rings is 1. The van der Waals surface area contributed by atoms with Gasteiger partial charge in [-0.2, -0.15) is 0 Å². The van der Waals surface area contributed by atoms with Crippen molar-refractivity contribution in [3.05, 3.63) is 47.9 Å². The van der Waals surface area contributed by atoms with Gasteiger partial charge in [0.05, 0.1) is 13.0 Å². The van der Waals surface area contributed by atoms with Crippen molar-refractivity contribution in [1.82, 2.24) is 4.98 Å². The van der Waals surface area contributed by atoms with E-state index in [0.29, 0.717) is 16.9 Å². The molecule has 0 unspecified atom stereocenters. The highest BCUT2D eigenvalue weighted by Crippen LogP contribution is 2.34. The van der Waals surface area contributed by atoms with Gasteiger partial charge in [-0.15, -0.1) is 0 Å². The number of fused-ring (bicyclic) bond motifs is 1. The van der Waals surface area contributed by atoms with E-state index in [1.165, 1.54) is 25.3 Å². The molecule has 1 aliphatic rings. The number of nitrogens with one attached hydrogen (secondary N) is 2. The third-order valence-corrected chi connectivity index (χ3v) is 3.59. The average Bonchev–Trinajstić information content (AvgIpc) is 2.54. The van der Waals surface area contributed by atoms with E-state index in [9.17, 15) is 14.0 Å². The van der Waals surface area contributed by atoms with Gasteiger partial charge in [-0.05, 0) is 29.8 Å². The first-order valence-corrected chi connectivity index (χ1v) is 6.97. The summed E-state index contributed by atoms with van der Waals surface area (Å²) in [5, 5.41) is 5.28. The van der Waals surface area contributed by atoms with E-state index in [0.717, 1.165) is 0 Å². The Bertz CT molecular complexity index is 779. The Balaban J connectivity index is 1.90. The van der Waals surface area contributed by atoms with E-state index >= 15 is 0 Å². The normalized spacial score (nSPS) is 16.3. The summed E-state index contributed by atoms with van der Waals surface area (Å²) in [4.78, 5) is 28.3. The van der Waals surface area contributed by atoms with Crippen LogP contribution in [-0.2, 0) is 9.59 Å². The lowest BCUT2D eigenvalue weighted by atomic mass is 9.89. The first-order valence-electron chi connectivity index (χ1n) is 6.97. The maximum absolute atomic E-state index is 13.3. The minimum atomic E-state index is -0.704. The minimum Gasteiger partial charge on any atom is -0.480 e. The van der Waals surface area contributed by atoms with Crippen LogP contribution in [0.1, 0.15) is 17.9 Å². The molecule has 7 heteroatoms. The third kappa shape index (κ3) is 2.98. The number of hydrogen-bond acceptors (Lipinski definition) is 4. The average molecular weight is 315 g/mol. The molecule has 0 aliphatic carbocycles. The predicted octanol–water partition coefficient (Wildman–Crippen LogP) is 2.29. The molecule has 2 heterocycles. The molecule has 23 heavy (non-hydrogen) atoms. The zero-order chi connectivity index (χ0) is 16.4. The summed E-state index contributed by atoms with van der Waals surface area (Å²) in [6.07, 6.45) is 1.54. The minimum absolute atomic E-state index is 0.00690. The van der Waals surface area contributed by atoms with Gasteiger partial charge in [0.2, 0.25) is 17.7 Å². The molecule has 2 amide bonds. The first kappa shape index (κ1) is 15.0. The Morgan fingerprint density at radius 2 is 2.26 bits per heavy atom. The van der Waals surface area contributed by atoms with Crippen LogP contribution in [0.4, 0.5) is 15.8 Å². The largest absolute Gasteiger partial charge is 0.480 e. The van der Waals surface area contributed by atoms with Gasteiger partial charge in [0.15, 0.2) is 0 Å². The maximum atomic E-state index is 13.3. The number of ether oxygens (including phenoxy) is 1. The molecule has 0 radical (unpaired) electrons. The summed E-state index contributed by atoms with van der Waals surface area (Å²) < 4.78 is 18.4. The lowest BCUT2D eigenvalue weighted by Gasteiger charge is -2.25. The molecule has 3 rings (SSSR count). The molecule has 1 aromatic carbocycles. The standard InChI is InChI=1S/C16H14FN3O3/c1-23-16-12(3-2-6-18-16)20-15(22)11-8-14(21)19-13-7-9(17)4-5-10(11)13/h2-7,11H,8H2,1H3,(H,19,21)(H,20,22)/t11-/m0/s1. The van der Waals surface area contributed by atoms with Gasteiger partial charge in [-0.1, -0.05) is 6.07 Å². The summed E-state index contributed by atoms with van der Waals surface area (Å²) in [5.74, 6) is -1.61. The van der Waals surface area contributed by atoms with Gasteiger partial charge in [0.1, 0.15) is 11.5 Å². The van der Waals surface area contributed by atoms with Crippen molar-refractivity contribution in [3.8, 4) is 5.88 Å². The van der Waals surface area contributed by atoms with Crippen LogP contribution < -0.4 is 15.4 Å². The number of carbonyl (C=O) groups excluding carboxylic acids is 2. The van der Waals surface area contributed by atoms with Gasteiger partial charge < -0.3 is 15.4 Å². The number of aromatic nitrogens is 1. The van der Waals surface area contributed by atoms with Crippen molar-refractivity contribution >= 4 is 23.2 Å². The fraction of sp³-hybridized carbons (Fsp3) is 0.188. The Morgan fingerprint density at radius 3 is 3.04 bits per heavy atom. The monoisotopic (exact) mass is 315 g/mol. The molecule has 1 atom stereocenters. The molecule has 2 N–H and O–H groups in total. The number of methoxy groups -OCH3 is 1. The lowest BCUT2D eigenvalue weighted by molar-refractivity contribution is -0.123. The molecule has 0 saturated carbocycles. The SMILES string of the molecule is COc1ncccc1NC(=O)[C@H]1CC(=O)Nc2cc(F)ccc21. The van der Waals surface area contributed by atoms with Crippen LogP contribution in [0.3, 0.4) is 0 Å². The topological polar surface area (TPSA) is 80.3 Å². The highest BCUT2D eigenvalue weighted by atomic mass is 19.1. The van der Waals surface area contributed by atoms with E-state index in [1.807, 2.05) is 0 Å². The van der Waals surface area contributed by atoms with Crippen molar-refractivity contribution in [3.63, 3.8) is 0 Å². The number of anilines is 2. The maximum Gasteiger partial charge on any atom is 0.237 e. The second-order valence-corrected chi connectivity index (χ2v) is 5.09. The highest BCUT2D eigenvalue weighted by molar-refractivity contribution is 6.05. The Kier molecular flexibility index (Phi) is 3.92. The van der Waals surface area contributed by atoms with Gasteiger partial charge in [-0.25, -0.2) is 9.37 Å². The van der Waals surface area contributed by atoms with E-state index in [2.05, 4.69) is 15.6 Å². The quantitative estimate of drug-likeness (QED) is 0.910. The summed E-state index contributed by atoms with van der Waals surface area (Å²) >= 11 is 0. The van der Waals surface area contributed by atoms with Crippen LogP contribution in [0.5, 0.6) is 5.88 Å². The molecule has 0 fully saturated rings. The highest BCUT2D eigenvalue weighted by Gasteiger charge is 2.31. The number of benzene rings is 1. The zero-order valence-corrected chi connectivity index (χ0v) is 12.3. The number of hydrogen-bond donors (Lipinski definition) is 2. The summed E-state index contributed by atoms with van der Waals surface area (Å²) in [7, 11) is 1.45. The fourth-order valence-electron chi connectivity index (χ4n) is 2.54. The number of nitrogens with zero attached hydrogens (tertiary/aromatic N) is 1. The van der Waals surface area contributed by atoms with E-state index in [4.69, 9.17) is 4.74 Å². The molecular weight excluding hydrogens is 301 g/mol. The van der Waals surface area contributed by atoms with Crippen molar-refractivity contribution in [2.45, 2.75) is 12.3 Å². The second-order valence-electron chi connectivity index (χ2n) is 5.09. The summed E-state index contributed by atoms with van der Waals surface area (Å²) in [6, 6.07) is 7.29. The molecule has 2 aromatic rings. The first-order chi connectivity index (χ1) is 11.1. The van der Waals surface area contributed by atoms with Crippen LogP contribution in [-0.4, -0.2) is 23.9 Å². The smallest absolute Gasteiger partial charge is 0.237 e. The summed E-state index contributed by atoms with van der Waals surface area (Å²) in [5.41, 5.74) is 1.31. The molecule has 0 saturated heterocycles. The Hall–Kier alpha value is -2.96. The number of amides is 2. The van der Waals surface area contributed by atoms with E-state index in [-0.39, 0.29) is 24.1 Å². The van der Waals surface area contributed by atoms with Gasteiger partial charge in [0, 0.05) is 18.3 Å². The molecule has 0 spiro atoms. The van der Waals surface area contributed by atoms with Crippen molar-refractivity contribution in [1.29, 1.82) is 0 Å². The fourth-order valence-corrected chi connectivity index (χ4v) is 2.54. The van der Waals surface area contributed by atoms with Gasteiger partial charge in [-0.3, -0.25) is 9.59 Å². The van der Waals surface area contributed by atoms with Crippen LogP contribution in [0, 0.1) is 5.82 Å². The van der Waals surface area contributed by atoms with E-state index in [1.54, 1.807) is 18.3 Å². The number of rotatable bonds is 3. The molecule has 0 bridgehead atoms. The third-order valence-electron chi connectivity index (χ3n) is 3.59. The van der Waals surface area contributed by atoms with Crippen LogP contribution in [0.2, 0.25) is 0 Å². The number of carbonyl (C=O) groups is 2. The molecule has 1 aromatic heterocycles. The number of halogens is 1.